The van der Waals surface area contributed by atoms with E-state index in [1.54, 1.807) is 7.11 Å². The molecule has 134 valence electrons. The van der Waals surface area contributed by atoms with E-state index in [1.165, 1.54) is 5.56 Å². The first-order chi connectivity index (χ1) is 12.2. The van der Waals surface area contributed by atoms with E-state index < -0.39 is 0 Å². The minimum absolute atomic E-state index is 0.0638. The van der Waals surface area contributed by atoms with Crippen molar-refractivity contribution in [3.05, 3.63) is 64.7 Å². The summed E-state index contributed by atoms with van der Waals surface area (Å²) in [6.45, 7) is 2.13. The highest BCUT2D eigenvalue weighted by atomic mass is 35.5. The van der Waals surface area contributed by atoms with Crippen LogP contribution in [-0.2, 0) is 17.6 Å². The quantitative estimate of drug-likeness (QED) is 0.639. The summed E-state index contributed by atoms with van der Waals surface area (Å²) in [5.74, 6) is 0.925. The number of carbonyl (C=O) groups excluding carboxylic acids is 1. The lowest BCUT2D eigenvalue weighted by molar-refractivity contribution is -0.120. The molecule has 0 aromatic heterocycles. The number of hydrogen-bond donors (Lipinski definition) is 2. The number of ether oxygens (including phenoxy) is 1. The molecule has 5 heteroatoms. The molecular formula is C20H25ClN2O2. The van der Waals surface area contributed by atoms with Gasteiger partial charge in [0.2, 0.25) is 5.91 Å². The molecule has 1 amide bonds. The molecule has 0 spiro atoms. The van der Waals surface area contributed by atoms with Crippen molar-refractivity contribution in [3.8, 4) is 5.75 Å². The number of nitrogens with one attached hydrogen (secondary N) is 2. The first kappa shape index (κ1) is 19.3. The van der Waals surface area contributed by atoms with E-state index in [0.717, 1.165) is 35.7 Å². The Kier molecular flexibility index (Phi) is 8.29. The van der Waals surface area contributed by atoms with Crippen molar-refractivity contribution in [2.24, 2.45) is 0 Å². The highest BCUT2D eigenvalue weighted by Gasteiger charge is 2.04. The lowest BCUT2D eigenvalue weighted by Gasteiger charge is -2.09. The Bertz CT molecular complexity index is 659. The van der Waals surface area contributed by atoms with Crippen molar-refractivity contribution in [1.29, 1.82) is 0 Å². The summed E-state index contributed by atoms with van der Waals surface area (Å²) in [4.78, 5) is 11.9. The summed E-state index contributed by atoms with van der Waals surface area (Å²) in [5, 5.41) is 6.99. The van der Waals surface area contributed by atoms with E-state index >= 15 is 0 Å². The molecule has 4 nitrogen and oxygen atoms in total. The molecule has 2 aromatic rings. The maximum absolute atomic E-state index is 11.9. The zero-order valence-electron chi connectivity index (χ0n) is 14.6. The van der Waals surface area contributed by atoms with Crippen LogP contribution in [0.25, 0.3) is 0 Å². The summed E-state index contributed by atoms with van der Waals surface area (Å²) in [6, 6.07) is 15.7. The smallest absolute Gasteiger partial charge is 0.221 e. The van der Waals surface area contributed by atoms with Gasteiger partial charge in [-0.1, -0.05) is 41.9 Å². The van der Waals surface area contributed by atoms with Crippen molar-refractivity contribution < 1.29 is 9.53 Å². The van der Waals surface area contributed by atoms with Gasteiger partial charge in [-0.2, -0.15) is 0 Å². The van der Waals surface area contributed by atoms with E-state index in [1.807, 2.05) is 48.5 Å². The lowest BCUT2D eigenvalue weighted by atomic mass is 10.1. The number of methoxy groups -OCH3 is 1. The first-order valence-electron chi connectivity index (χ1n) is 8.53. The molecule has 0 aliphatic rings. The van der Waals surface area contributed by atoms with Crippen LogP contribution in [0.4, 0.5) is 0 Å². The SMILES string of the molecule is COc1ccccc1CCNC(=O)CCNCCc1ccc(Cl)cc1. The number of carbonyl (C=O) groups is 1. The van der Waals surface area contributed by atoms with Gasteiger partial charge in [-0.25, -0.2) is 0 Å². The second kappa shape index (κ2) is 10.7. The predicted octanol–water partition coefficient (Wildman–Crippen LogP) is 3.23. The predicted molar refractivity (Wildman–Crippen MR) is 102 cm³/mol. The van der Waals surface area contributed by atoms with Gasteiger partial charge in [-0.05, 0) is 48.7 Å². The second-order valence-electron chi connectivity index (χ2n) is 5.79. The zero-order valence-corrected chi connectivity index (χ0v) is 15.3. The maximum Gasteiger partial charge on any atom is 0.221 e. The normalized spacial score (nSPS) is 10.5. The summed E-state index contributed by atoms with van der Waals surface area (Å²) in [7, 11) is 1.66. The third-order valence-corrected chi connectivity index (χ3v) is 4.19. The van der Waals surface area contributed by atoms with E-state index in [0.29, 0.717) is 19.5 Å². The van der Waals surface area contributed by atoms with Crippen molar-refractivity contribution in [3.63, 3.8) is 0 Å². The summed E-state index contributed by atoms with van der Waals surface area (Å²) in [6.07, 6.45) is 2.17. The van der Waals surface area contributed by atoms with Crippen LogP contribution in [0.2, 0.25) is 5.02 Å². The van der Waals surface area contributed by atoms with Gasteiger partial charge in [0.15, 0.2) is 0 Å². The Morgan fingerprint density at radius 2 is 1.76 bits per heavy atom. The van der Waals surface area contributed by atoms with Crippen LogP contribution in [0, 0.1) is 0 Å². The average molecular weight is 361 g/mol. The standard InChI is InChI=1S/C20H25ClN2O2/c1-25-19-5-3-2-4-17(19)11-15-23-20(24)12-14-22-13-10-16-6-8-18(21)9-7-16/h2-9,22H,10-15H2,1H3,(H,23,24). The van der Waals surface area contributed by atoms with Crippen LogP contribution in [0.1, 0.15) is 17.5 Å². The fourth-order valence-electron chi connectivity index (χ4n) is 2.55. The largest absolute Gasteiger partial charge is 0.496 e. The zero-order chi connectivity index (χ0) is 17.9. The fraction of sp³-hybridized carbons (Fsp3) is 0.350. The number of rotatable bonds is 10. The van der Waals surface area contributed by atoms with Crippen molar-refractivity contribution >= 4 is 17.5 Å². The van der Waals surface area contributed by atoms with E-state index in [4.69, 9.17) is 16.3 Å². The Hall–Kier alpha value is -2.04. The minimum Gasteiger partial charge on any atom is -0.496 e. The molecule has 2 aromatic carbocycles. The fourth-order valence-corrected chi connectivity index (χ4v) is 2.67. The van der Waals surface area contributed by atoms with E-state index in [9.17, 15) is 4.79 Å². The van der Waals surface area contributed by atoms with Crippen molar-refractivity contribution in [1.82, 2.24) is 10.6 Å². The number of benzene rings is 2. The highest BCUT2D eigenvalue weighted by molar-refractivity contribution is 6.30. The Morgan fingerprint density at radius 3 is 2.52 bits per heavy atom. The molecule has 2 rings (SSSR count). The van der Waals surface area contributed by atoms with Crippen LogP contribution < -0.4 is 15.4 Å². The molecule has 0 radical (unpaired) electrons. The molecule has 25 heavy (non-hydrogen) atoms. The van der Waals surface area contributed by atoms with Crippen LogP contribution in [0.15, 0.2) is 48.5 Å². The van der Waals surface area contributed by atoms with Crippen LogP contribution in [-0.4, -0.2) is 32.7 Å². The van der Waals surface area contributed by atoms with Gasteiger partial charge in [-0.3, -0.25) is 4.79 Å². The minimum atomic E-state index is 0.0638. The Balaban J connectivity index is 1.56. The molecule has 0 aliphatic heterocycles. The van der Waals surface area contributed by atoms with Gasteiger partial charge in [0.05, 0.1) is 7.11 Å². The van der Waals surface area contributed by atoms with E-state index in [-0.39, 0.29) is 5.91 Å². The van der Waals surface area contributed by atoms with Gasteiger partial charge < -0.3 is 15.4 Å². The molecular weight excluding hydrogens is 336 g/mol. The lowest BCUT2D eigenvalue weighted by Crippen LogP contribution is -2.29. The molecule has 0 unspecified atom stereocenters. The molecule has 2 N–H and O–H groups in total. The van der Waals surface area contributed by atoms with Crippen LogP contribution in [0.5, 0.6) is 5.75 Å². The molecule has 0 saturated heterocycles. The van der Waals surface area contributed by atoms with Gasteiger partial charge in [0, 0.05) is 24.5 Å². The number of hydrogen-bond acceptors (Lipinski definition) is 3. The summed E-state index contributed by atoms with van der Waals surface area (Å²) in [5.41, 5.74) is 2.34. The van der Waals surface area contributed by atoms with Gasteiger partial charge in [-0.15, -0.1) is 0 Å². The Labute approximate surface area is 154 Å². The number of halogens is 1. The highest BCUT2D eigenvalue weighted by Crippen LogP contribution is 2.17. The molecule has 0 heterocycles. The van der Waals surface area contributed by atoms with Crippen molar-refractivity contribution in [2.75, 3.05) is 26.7 Å². The summed E-state index contributed by atoms with van der Waals surface area (Å²) >= 11 is 5.86. The average Bonchev–Trinajstić information content (AvgIpc) is 2.63. The molecule has 0 atom stereocenters. The van der Waals surface area contributed by atoms with Crippen LogP contribution >= 0.6 is 11.6 Å². The second-order valence-corrected chi connectivity index (χ2v) is 6.22. The van der Waals surface area contributed by atoms with Crippen LogP contribution in [0.3, 0.4) is 0 Å². The van der Waals surface area contributed by atoms with Gasteiger partial charge >= 0.3 is 0 Å². The summed E-state index contributed by atoms with van der Waals surface area (Å²) < 4.78 is 5.31. The Morgan fingerprint density at radius 1 is 1.00 bits per heavy atom. The third-order valence-electron chi connectivity index (χ3n) is 3.94. The topological polar surface area (TPSA) is 50.4 Å². The van der Waals surface area contributed by atoms with Gasteiger partial charge in [0.1, 0.15) is 5.75 Å². The van der Waals surface area contributed by atoms with E-state index in [2.05, 4.69) is 10.6 Å². The molecule has 0 fully saturated rings. The monoisotopic (exact) mass is 360 g/mol. The molecule has 0 aliphatic carbocycles. The van der Waals surface area contributed by atoms with Gasteiger partial charge in [0.25, 0.3) is 0 Å². The first-order valence-corrected chi connectivity index (χ1v) is 8.90. The number of para-hydroxylation sites is 1. The van der Waals surface area contributed by atoms with Crippen molar-refractivity contribution in [2.45, 2.75) is 19.3 Å². The maximum atomic E-state index is 11.9. The molecule has 0 saturated carbocycles. The third kappa shape index (κ3) is 7.16. The number of amides is 1. The molecule has 0 bridgehead atoms.